The number of ether oxygens (including phenoxy) is 2. The molecule has 0 saturated heterocycles. The number of hydrogen-bond donors (Lipinski definition) is 1. The van der Waals surface area contributed by atoms with E-state index in [4.69, 9.17) is 14.5 Å². The lowest BCUT2D eigenvalue weighted by Crippen LogP contribution is -2.49. The van der Waals surface area contributed by atoms with Gasteiger partial charge in [0.05, 0.1) is 5.71 Å². The van der Waals surface area contributed by atoms with Crippen molar-refractivity contribution in [3.8, 4) is 0 Å². The maximum absolute atomic E-state index is 13.6. The predicted molar refractivity (Wildman–Crippen MR) is 143 cm³/mol. The summed E-state index contributed by atoms with van der Waals surface area (Å²) in [6.07, 6.45) is 1.64. The Morgan fingerprint density at radius 1 is 0.806 bits per heavy atom. The summed E-state index contributed by atoms with van der Waals surface area (Å²) in [6, 6.07) is 19.9. The van der Waals surface area contributed by atoms with Crippen LogP contribution in [0.3, 0.4) is 0 Å². The molecule has 6 nitrogen and oxygen atoms in total. The van der Waals surface area contributed by atoms with Crippen LogP contribution in [-0.2, 0) is 14.3 Å². The topological polar surface area (TPSA) is 77.0 Å². The zero-order valence-electron chi connectivity index (χ0n) is 22.6. The number of carbonyl (C=O) groups excluding carboxylic acids is 2. The maximum Gasteiger partial charge on any atom is 0.407 e. The van der Waals surface area contributed by atoms with Gasteiger partial charge in [0.2, 0.25) is 0 Å². The number of aliphatic imine (C=N–C) groups is 1. The standard InChI is InChI=1S/C30H40N2O4/c1-28(2,3)35-26(33)30(7,20-21-18-24(19-21)31-27(34)36-29(4,5)6)32-25(22-14-10-8-11-15-22)23-16-12-9-13-17-23/h8-17,21,24H,18-20H2,1-7H3,(H,31,34)/t21-,24-,30?. The summed E-state index contributed by atoms with van der Waals surface area (Å²) in [5, 5.41) is 2.94. The highest BCUT2D eigenvalue weighted by Crippen LogP contribution is 2.38. The van der Waals surface area contributed by atoms with Gasteiger partial charge in [0, 0.05) is 17.2 Å². The van der Waals surface area contributed by atoms with Gasteiger partial charge in [-0.3, -0.25) is 4.99 Å². The summed E-state index contributed by atoms with van der Waals surface area (Å²) in [4.78, 5) is 30.8. The van der Waals surface area contributed by atoms with Gasteiger partial charge in [0.1, 0.15) is 11.2 Å². The highest BCUT2D eigenvalue weighted by molar-refractivity contribution is 6.13. The summed E-state index contributed by atoms with van der Waals surface area (Å²) >= 11 is 0. The summed E-state index contributed by atoms with van der Waals surface area (Å²) < 4.78 is 11.2. The van der Waals surface area contributed by atoms with E-state index < -0.39 is 22.8 Å². The summed E-state index contributed by atoms with van der Waals surface area (Å²) in [7, 11) is 0. The van der Waals surface area contributed by atoms with Crippen LogP contribution in [-0.4, -0.2) is 40.6 Å². The normalized spacial score (nSPS) is 19.3. The molecule has 2 aromatic rings. The number of nitrogens with zero attached hydrogens (tertiary/aromatic N) is 1. The average Bonchev–Trinajstić information content (AvgIpc) is 2.75. The number of rotatable bonds is 7. The van der Waals surface area contributed by atoms with Gasteiger partial charge in [-0.1, -0.05) is 60.7 Å². The molecule has 1 aliphatic rings. The predicted octanol–water partition coefficient (Wildman–Crippen LogP) is 6.32. The Bertz CT molecular complexity index is 1020. The second-order valence-corrected chi connectivity index (χ2v) is 11.9. The highest BCUT2D eigenvalue weighted by Gasteiger charge is 2.43. The van der Waals surface area contributed by atoms with E-state index in [1.807, 2.05) is 109 Å². The molecule has 1 N–H and O–H groups in total. The minimum atomic E-state index is -1.09. The van der Waals surface area contributed by atoms with E-state index in [-0.39, 0.29) is 17.9 Å². The van der Waals surface area contributed by atoms with Crippen LogP contribution in [0.2, 0.25) is 0 Å². The number of amides is 1. The molecule has 36 heavy (non-hydrogen) atoms. The quantitative estimate of drug-likeness (QED) is 0.363. The van der Waals surface area contributed by atoms with Crippen LogP contribution < -0.4 is 5.32 Å². The average molecular weight is 493 g/mol. The molecule has 3 rings (SSSR count). The van der Waals surface area contributed by atoms with E-state index in [0.29, 0.717) is 6.42 Å². The van der Waals surface area contributed by atoms with Gasteiger partial charge in [-0.15, -0.1) is 0 Å². The Kier molecular flexibility index (Phi) is 8.27. The van der Waals surface area contributed by atoms with E-state index in [1.165, 1.54) is 0 Å². The molecule has 1 amide bonds. The Balaban J connectivity index is 1.86. The van der Waals surface area contributed by atoms with E-state index >= 15 is 0 Å². The number of nitrogens with one attached hydrogen (secondary N) is 1. The fourth-order valence-electron chi connectivity index (χ4n) is 4.35. The molecular formula is C30H40N2O4. The minimum Gasteiger partial charge on any atom is -0.458 e. The summed E-state index contributed by atoms with van der Waals surface area (Å²) in [5.41, 5.74) is 0.382. The van der Waals surface area contributed by atoms with Crippen LogP contribution in [0.4, 0.5) is 4.79 Å². The van der Waals surface area contributed by atoms with Gasteiger partial charge in [-0.25, -0.2) is 9.59 Å². The van der Waals surface area contributed by atoms with Crippen molar-refractivity contribution in [2.75, 3.05) is 0 Å². The molecular weight excluding hydrogens is 452 g/mol. The Labute approximate surface area is 215 Å². The van der Waals surface area contributed by atoms with Crippen LogP contribution >= 0.6 is 0 Å². The molecule has 6 heteroatoms. The molecule has 0 aliphatic heterocycles. The molecule has 0 heterocycles. The number of hydrogen-bond acceptors (Lipinski definition) is 5. The van der Waals surface area contributed by atoms with Crippen LogP contribution in [0.1, 0.15) is 78.9 Å². The third kappa shape index (κ3) is 7.94. The first kappa shape index (κ1) is 27.4. The zero-order chi connectivity index (χ0) is 26.6. The van der Waals surface area contributed by atoms with Crippen molar-refractivity contribution in [2.24, 2.45) is 10.9 Å². The van der Waals surface area contributed by atoms with E-state index in [2.05, 4.69) is 5.32 Å². The maximum atomic E-state index is 13.6. The van der Waals surface area contributed by atoms with Crippen molar-refractivity contribution in [1.82, 2.24) is 5.32 Å². The molecule has 0 spiro atoms. The first-order chi connectivity index (χ1) is 16.7. The van der Waals surface area contributed by atoms with Crippen molar-refractivity contribution >= 4 is 17.8 Å². The first-order valence-corrected chi connectivity index (χ1v) is 12.7. The van der Waals surface area contributed by atoms with E-state index in [1.54, 1.807) is 0 Å². The molecule has 1 unspecified atom stereocenters. The zero-order valence-corrected chi connectivity index (χ0v) is 22.6. The van der Waals surface area contributed by atoms with Crippen molar-refractivity contribution < 1.29 is 19.1 Å². The van der Waals surface area contributed by atoms with Crippen LogP contribution in [0.5, 0.6) is 0 Å². The van der Waals surface area contributed by atoms with Gasteiger partial charge >= 0.3 is 12.1 Å². The van der Waals surface area contributed by atoms with Crippen molar-refractivity contribution in [2.45, 2.75) is 90.5 Å². The van der Waals surface area contributed by atoms with Gasteiger partial charge in [0.25, 0.3) is 0 Å². The molecule has 0 bridgehead atoms. The number of esters is 1. The smallest absolute Gasteiger partial charge is 0.407 e. The minimum absolute atomic E-state index is 0.0273. The Hall–Kier alpha value is -3.15. The molecule has 2 aromatic carbocycles. The molecule has 0 aromatic heterocycles. The second-order valence-electron chi connectivity index (χ2n) is 11.9. The monoisotopic (exact) mass is 492 g/mol. The van der Waals surface area contributed by atoms with Crippen molar-refractivity contribution in [1.29, 1.82) is 0 Å². The first-order valence-electron chi connectivity index (χ1n) is 12.7. The van der Waals surface area contributed by atoms with Crippen LogP contribution in [0.15, 0.2) is 65.7 Å². The summed E-state index contributed by atoms with van der Waals surface area (Å²) in [5.74, 6) is -0.123. The summed E-state index contributed by atoms with van der Waals surface area (Å²) in [6.45, 7) is 13.0. The van der Waals surface area contributed by atoms with Crippen LogP contribution in [0.25, 0.3) is 0 Å². The Morgan fingerprint density at radius 3 is 1.72 bits per heavy atom. The number of benzene rings is 2. The lowest BCUT2D eigenvalue weighted by molar-refractivity contribution is -0.162. The second kappa shape index (κ2) is 10.9. The molecule has 1 atom stereocenters. The van der Waals surface area contributed by atoms with Crippen molar-refractivity contribution in [3.63, 3.8) is 0 Å². The highest BCUT2D eigenvalue weighted by atomic mass is 16.6. The van der Waals surface area contributed by atoms with Crippen molar-refractivity contribution in [3.05, 3.63) is 71.8 Å². The molecule has 1 saturated carbocycles. The fourth-order valence-corrected chi connectivity index (χ4v) is 4.35. The van der Waals surface area contributed by atoms with Gasteiger partial charge in [-0.05, 0) is 73.6 Å². The number of carbonyl (C=O) groups is 2. The SMILES string of the molecule is CC(C)(C)OC(=O)N[C@H]1C[C@H](CC(C)(N=C(c2ccccc2)c2ccccc2)C(=O)OC(C)(C)C)C1. The van der Waals surface area contributed by atoms with Crippen LogP contribution in [0, 0.1) is 5.92 Å². The molecule has 1 fully saturated rings. The van der Waals surface area contributed by atoms with Gasteiger partial charge in [-0.2, -0.15) is 0 Å². The lowest BCUT2D eigenvalue weighted by Gasteiger charge is -2.40. The third-order valence-corrected chi connectivity index (χ3v) is 5.93. The molecule has 0 radical (unpaired) electrons. The lowest BCUT2D eigenvalue weighted by atomic mass is 9.73. The molecule has 1 aliphatic carbocycles. The third-order valence-electron chi connectivity index (χ3n) is 5.93. The molecule has 194 valence electrons. The van der Waals surface area contributed by atoms with Gasteiger partial charge in [0.15, 0.2) is 5.54 Å². The largest absolute Gasteiger partial charge is 0.458 e. The van der Waals surface area contributed by atoms with Gasteiger partial charge < -0.3 is 14.8 Å². The van der Waals surface area contributed by atoms with E-state index in [0.717, 1.165) is 29.7 Å². The van der Waals surface area contributed by atoms with E-state index in [9.17, 15) is 9.59 Å². The number of alkyl carbamates (subject to hydrolysis) is 1. The fraction of sp³-hybridized carbons (Fsp3) is 0.500. The Morgan fingerprint density at radius 2 is 1.28 bits per heavy atom.